The number of carbonyl (C=O) groups excluding carboxylic acids is 2. The first-order valence-corrected chi connectivity index (χ1v) is 9.79. The molecule has 1 fully saturated rings. The zero-order valence-corrected chi connectivity index (χ0v) is 15.2. The minimum atomic E-state index is -0.432. The van der Waals surface area contributed by atoms with Crippen LogP contribution in [0.25, 0.3) is 11.1 Å². The van der Waals surface area contributed by atoms with Crippen LogP contribution in [0.2, 0.25) is 0 Å². The molecule has 136 valence electrons. The van der Waals surface area contributed by atoms with Crippen LogP contribution in [-0.4, -0.2) is 41.9 Å². The quantitative estimate of drug-likeness (QED) is 0.653. The Morgan fingerprint density at radius 2 is 1.77 bits per heavy atom. The van der Waals surface area contributed by atoms with E-state index in [4.69, 9.17) is 5.11 Å². The van der Waals surface area contributed by atoms with Gasteiger partial charge in [-0.2, -0.15) is 11.8 Å². The van der Waals surface area contributed by atoms with Gasteiger partial charge in [-0.05, 0) is 35.2 Å². The summed E-state index contributed by atoms with van der Waals surface area (Å²) < 4.78 is 0. The predicted molar refractivity (Wildman–Crippen MR) is 104 cm³/mol. The van der Waals surface area contributed by atoms with Crippen LogP contribution in [0.3, 0.4) is 0 Å². The highest BCUT2D eigenvalue weighted by molar-refractivity contribution is 7.98. The minimum Gasteiger partial charge on any atom is -0.396 e. The molecule has 0 aromatic heterocycles. The number of amides is 2. The maximum absolute atomic E-state index is 12.3. The van der Waals surface area contributed by atoms with Gasteiger partial charge in [-0.15, -0.1) is 0 Å². The molecule has 0 spiro atoms. The molecule has 3 rings (SSSR count). The van der Waals surface area contributed by atoms with Crippen molar-refractivity contribution >= 4 is 23.6 Å². The van der Waals surface area contributed by atoms with Gasteiger partial charge in [0, 0.05) is 23.6 Å². The fraction of sp³-hybridized carbons (Fsp3) is 0.300. The van der Waals surface area contributed by atoms with Crippen molar-refractivity contribution in [3.8, 4) is 11.1 Å². The first kappa shape index (κ1) is 18.5. The predicted octanol–water partition coefficient (Wildman–Crippen LogP) is 2.20. The lowest BCUT2D eigenvalue weighted by Crippen LogP contribution is -2.40. The van der Waals surface area contributed by atoms with Crippen molar-refractivity contribution in [3.05, 3.63) is 59.7 Å². The van der Waals surface area contributed by atoms with E-state index in [1.54, 1.807) is 23.9 Å². The van der Waals surface area contributed by atoms with Gasteiger partial charge in [0.25, 0.3) is 5.91 Å². The van der Waals surface area contributed by atoms with E-state index in [0.29, 0.717) is 18.5 Å². The molecule has 6 heteroatoms. The van der Waals surface area contributed by atoms with E-state index in [1.165, 1.54) is 5.56 Å². The lowest BCUT2D eigenvalue weighted by molar-refractivity contribution is -0.120. The van der Waals surface area contributed by atoms with Crippen molar-refractivity contribution in [2.45, 2.75) is 18.2 Å². The molecule has 2 amide bonds. The summed E-state index contributed by atoms with van der Waals surface area (Å²) in [7, 11) is 0. The molecule has 0 saturated carbocycles. The van der Waals surface area contributed by atoms with E-state index in [0.717, 1.165) is 22.6 Å². The summed E-state index contributed by atoms with van der Waals surface area (Å²) in [4.78, 5) is 23.8. The molecule has 0 aliphatic carbocycles. The number of thioether (sulfide) groups is 1. The van der Waals surface area contributed by atoms with E-state index in [1.807, 2.05) is 12.1 Å². The van der Waals surface area contributed by atoms with Gasteiger partial charge in [-0.25, -0.2) is 0 Å². The molecule has 1 aliphatic rings. The van der Waals surface area contributed by atoms with Crippen molar-refractivity contribution in [3.63, 3.8) is 0 Å². The molecule has 0 unspecified atom stereocenters. The Hall–Kier alpha value is -2.31. The first-order valence-electron chi connectivity index (χ1n) is 8.64. The zero-order chi connectivity index (χ0) is 18.4. The van der Waals surface area contributed by atoms with Crippen LogP contribution in [0.1, 0.15) is 22.3 Å². The van der Waals surface area contributed by atoms with E-state index < -0.39 is 6.04 Å². The zero-order valence-electron chi connectivity index (χ0n) is 14.4. The standard InChI is InChI=1S/C20H22N2O3S/c23-11-12-26-13-14-1-3-15(4-2-14)16-5-7-17(8-6-16)19(24)22-18-9-10-21-20(18)25/h1-8,18,23H,9-13H2,(H,21,25)(H,22,24)/t18-/m1/s1. The average Bonchev–Trinajstić information content (AvgIpc) is 3.07. The van der Waals surface area contributed by atoms with Crippen molar-refractivity contribution in [2.75, 3.05) is 18.9 Å². The number of benzene rings is 2. The molecular formula is C20H22N2O3S. The lowest BCUT2D eigenvalue weighted by Gasteiger charge is -2.10. The van der Waals surface area contributed by atoms with Gasteiger partial charge >= 0.3 is 0 Å². The van der Waals surface area contributed by atoms with E-state index in [-0.39, 0.29) is 18.4 Å². The van der Waals surface area contributed by atoms with E-state index in [2.05, 4.69) is 34.9 Å². The Balaban J connectivity index is 1.61. The Bertz CT molecular complexity index is 760. The number of rotatable bonds is 7. The summed E-state index contributed by atoms with van der Waals surface area (Å²) >= 11 is 1.70. The van der Waals surface area contributed by atoms with Gasteiger partial charge in [0.05, 0.1) is 6.61 Å². The van der Waals surface area contributed by atoms with Gasteiger partial charge < -0.3 is 15.7 Å². The Morgan fingerprint density at radius 1 is 1.12 bits per heavy atom. The Labute approximate surface area is 157 Å². The lowest BCUT2D eigenvalue weighted by atomic mass is 10.0. The molecular weight excluding hydrogens is 348 g/mol. The molecule has 0 radical (unpaired) electrons. The van der Waals surface area contributed by atoms with E-state index in [9.17, 15) is 9.59 Å². The topological polar surface area (TPSA) is 78.4 Å². The SMILES string of the molecule is O=C(N[C@@H]1CCNC1=O)c1ccc(-c2ccc(CSCCO)cc2)cc1. The fourth-order valence-electron chi connectivity index (χ4n) is 2.84. The molecule has 26 heavy (non-hydrogen) atoms. The fourth-order valence-corrected chi connectivity index (χ4v) is 3.54. The minimum absolute atomic E-state index is 0.118. The van der Waals surface area contributed by atoms with Gasteiger partial charge in [0.1, 0.15) is 6.04 Å². The molecule has 5 nitrogen and oxygen atoms in total. The van der Waals surface area contributed by atoms with Crippen LogP contribution < -0.4 is 10.6 Å². The average molecular weight is 370 g/mol. The Morgan fingerprint density at radius 3 is 2.35 bits per heavy atom. The highest BCUT2D eigenvalue weighted by atomic mass is 32.2. The van der Waals surface area contributed by atoms with Gasteiger partial charge in [0.2, 0.25) is 5.91 Å². The summed E-state index contributed by atoms with van der Waals surface area (Å²) in [6.07, 6.45) is 0.631. The number of carbonyl (C=O) groups is 2. The maximum Gasteiger partial charge on any atom is 0.251 e. The van der Waals surface area contributed by atoms with Crippen LogP contribution in [0.15, 0.2) is 48.5 Å². The second kappa shape index (κ2) is 8.87. The number of hydrogen-bond donors (Lipinski definition) is 3. The van der Waals surface area contributed by atoms with Crippen LogP contribution in [0.4, 0.5) is 0 Å². The molecule has 2 aromatic carbocycles. The van der Waals surface area contributed by atoms with Gasteiger partial charge in [0.15, 0.2) is 0 Å². The molecule has 1 aliphatic heterocycles. The van der Waals surface area contributed by atoms with Crippen molar-refractivity contribution in [1.29, 1.82) is 0 Å². The largest absolute Gasteiger partial charge is 0.396 e. The smallest absolute Gasteiger partial charge is 0.251 e. The van der Waals surface area contributed by atoms with Crippen LogP contribution in [0.5, 0.6) is 0 Å². The monoisotopic (exact) mass is 370 g/mol. The van der Waals surface area contributed by atoms with Crippen LogP contribution >= 0.6 is 11.8 Å². The molecule has 1 heterocycles. The van der Waals surface area contributed by atoms with Gasteiger partial charge in [-0.3, -0.25) is 9.59 Å². The molecule has 3 N–H and O–H groups in total. The van der Waals surface area contributed by atoms with Crippen LogP contribution in [-0.2, 0) is 10.5 Å². The highest BCUT2D eigenvalue weighted by Gasteiger charge is 2.25. The summed E-state index contributed by atoms with van der Waals surface area (Å²) in [5.41, 5.74) is 3.89. The third-order valence-electron chi connectivity index (χ3n) is 4.29. The maximum atomic E-state index is 12.3. The van der Waals surface area contributed by atoms with Crippen molar-refractivity contribution in [2.24, 2.45) is 0 Å². The number of hydrogen-bond acceptors (Lipinski definition) is 4. The van der Waals surface area contributed by atoms with E-state index >= 15 is 0 Å². The number of aliphatic hydroxyl groups is 1. The van der Waals surface area contributed by atoms with Gasteiger partial charge in [-0.1, -0.05) is 36.4 Å². The third kappa shape index (κ3) is 4.65. The summed E-state index contributed by atoms with van der Waals surface area (Å²) in [6.45, 7) is 0.811. The highest BCUT2D eigenvalue weighted by Crippen LogP contribution is 2.22. The summed E-state index contributed by atoms with van der Waals surface area (Å²) in [6, 6.07) is 15.2. The summed E-state index contributed by atoms with van der Waals surface area (Å²) in [5, 5.41) is 14.3. The normalized spacial score (nSPS) is 16.3. The summed E-state index contributed by atoms with van der Waals surface area (Å²) in [5.74, 6) is 1.28. The number of aliphatic hydroxyl groups excluding tert-OH is 1. The number of nitrogens with one attached hydrogen (secondary N) is 2. The second-order valence-corrected chi connectivity index (χ2v) is 7.26. The molecule has 1 saturated heterocycles. The molecule has 2 aromatic rings. The second-order valence-electron chi connectivity index (χ2n) is 6.16. The molecule has 1 atom stereocenters. The first-order chi connectivity index (χ1) is 12.7. The third-order valence-corrected chi connectivity index (χ3v) is 5.30. The van der Waals surface area contributed by atoms with Crippen molar-refractivity contribution < 1.29 is 14.7 Å². The van der Waals surface area contributed by atoms with Crippen LogP contribution in [0, 0.1) is 0 Å². The molecule has 0 bridgehead atoms. The van der Waals surface area contributed by atoms with Crippen molar-refractivity contribution in [1.82, 2.24) is 10.6 Å². The Kier molecular flexibility index (Phi) is 6.30.